The van der Waals surface area contributed by atoms with Crippen molar-refractivity contribution in [1.82, 2.24) is 0 Å². The molecule has 0 aromatic rings. The first-order valence-corrected chi connectivity index (χ1v) is 2.14. The minimum atomic E-state index is -2.43. The molecule has 0 fully saturated rings. The van der Waals surface area contributed by atoms with Gasteiger partial charge >= 0.3 is 29.6 Å². The summed E-state index contributed by atoms with van der Waals surface area (Å²) in [4.78, 5) is 0. The van der Waals surface area contributed by atoms with E-state index in [1.165, 1.54) is 0 Å². The SMILES string of the molecule is C=COS(=O)[O-].[Na+]. The van der Waals surface area contributed by atoms with E-state index < -0.39 is 11.4 Å². The Hall–Kier alpha value is 0.650. The molecule has 0 rings (SSSR count). The summed E-state index contributed by atoms with van der Waals surface area (Å²) in [6.07, 6.45) is 0.836. The maximum absolute atomic E-state index is 9.31. The molecule has 0 amide bonds. The van der Waals surface area contributed by atoms with E-state index in [0.29, 0.717) is 0 Å². The smallest absolute Gasteiger partial charge is 0.740 e. The summed E-state index contributed by atoms with van der Waals surface area (Å²) >= 11 is -2.43. The van der Waals surface area contributed by atoms with Gasteiger partial charge in [-0.2, -0.15) is 0 Å². The van der Waals surface area contributed by atoms with Crippen LogP contribution in [0.25, 0.3) is 0 Å². The molecule has 0 spiro atoms. The van der Waals surface area contributed by atoms with E-state index in [9.17, 15) is 8.76 Å². The largest absolute Gasteiger partial charge is 1.00 e. The van der Waals surface area contributed by atoms with Crippen LogP contribution in [-0.4, -0.2) is 8.76 Å². The van der Waals surface area contributed by atoms with E-state index >= 15 is 0 Å². The Balaban J connectivity index is 0. The van der Waals surface area contributed by atoms with Crippen molar-refractivity contribution in [1.29, 1.82) is 0 Å². The van der Waals surface area contributed by atoms with Gasteiger partial charge in [-0.05, 0) is 0 Å². The molecule has 1 atom stereocenters. The van der Waals surface area contributed by atoms with E-state index in [1.54, 1.807) is 0 Å². The quantitative estimate of drug-likeness (QED) is 0.226. The van der Waals surface area contributed by atoms with Gasteiger partial charge in [0.25, 0.3) is 0 Å². The van der Waals surface area contributed by atoms with Crippen molar-refractivity contribution < 1.29 is 42.5 Å². The maximum atomic E-state index is 9.31. The summed E-state index contributed by atoms with van der Waals surface area (Å²) in [6, 6.07) is 0. The van der Waals surface area contributed by atoms with Crippen molar-refractivity contribution in [3.8, 4) is 0 Å². The fourth-order valence-corrected chi connectivity index (χ4v) is 0.167. The van der Waals surface area contributed by atoms with Crippen molar-refractivity contribution in [2.45, 2.75) is 0 Å². The van der Waals surface area contributed by atoms with Crippen molar-refractivity contribution in [2.24, 2.45) is 0 Å². The Kier molecular flexibility index (Phi) is 10.1. The van der Waals surface area contributed by atoms with Gasteiger partial charge < -0.3 is 8.74 Å². The normalized spacial score (nSPS) is 11.0. The second-order valence-electron chi connectivity index (χ2n) is 0.467. The summed E-state index contributed by atoms with van der Waals surface area (Å²) in [5, 5.41) is 0. The molecule has 0 radical (unpaired) electrons. The molecule has 0 saturated heterocycles. The average Bonchev–Trinajstić information content (AvgIpc) is 1.35. The second-order valence-corrected chi connectivity index (χ2v) is 1.07. The zero-order chi connectivity index (χ0) is 4.99. The molecule has 36 valence electrons. The van der Waals surface area contributed by atoms with Crippen LogP contribution < -0.4 is 29.6 Å². The van der Waals surface area contributed by atoms with Crippen LogP contribution in [0.1, 0.15) is 0 Å². The van der Waals surface area contributed by atoms with Gasteiger partial charge in [0.2, 0.25) is 0 Å². The van der Waals surface area contributed by atoms with Crippen LogP contribution in [0.4, 0.5) is 0 Å². The zero-order valence-corrected chi connectivity index (χ0v) is 6.73. The van der Waals surface area contributed by atoms with E-state index in [1.807, 2.05) is 0 Å². The van der Waals surface area contributed by atoms with Crippen molar-refractivity contribution >= 4 is 11.4 Å². The first kappa shape index (κ1) is 10.6. The van der Waals surface area contributed by atoms with Crippen LogP contribution in [0.3, 0.4) is 0 Å². The molecule has 0 bridgehead atoms. The Bertz CT molecular complexity index is 73.3. The Morgan fingerprint density at radius 1 is 1.86 bits per heavy atom. The zero-order valence-electron chi connectivity index (χ0n) is 3.92. The van der Waals surface area contributed by atoms with Gasteiger partial charge in [-0.25, -0.2) is 4.21 Å². The summed E-state index contributed by atoms with van der Waals surface area (Å²) in [6.45, 7) is 2.99. The van der Waals surface area contributed by atoms with Crippen LogP contribution in [0.15, 0.2) is 12.8 Å². The average molecular weight is 130 g/mol. The standard InChI is InChI=1S/C2H4O3S.Na/c1-2-5-6(3)4;/h2H,1H2,(H,3,4);/q;+1/p-1. The second kappa shape index (κ2) is 6.65. The molecule has 0 heterocycles. The molecule has 0 aliphatic rings. The third kappa shape index (κ3) is 10.8. The maximum Gasteiger partial charge on any atom is 1.00 e. The summed E-state index contributed by atoms with van der Waals surface area (Å²) < 4.78 is 22.3. The van der Waals surface area contributed by atoms with Crippen LogP contribution in [-0.2, 0) is 15.5 Å². The van der Waals surface area contributed by atoms with Gasteiger partial charge in [0.1, 0.15) is 11.4 Å². The third-order valence-electron chi connectivity index (χ3n) is 0.147. The van der Waals surface area contributed by atoms with Gasteiger partial charge in [0, 0.05) is 0 Å². The Labute approximate surface area is 66.5 Å². The minimum Gasteiger partial charge on any atom is -0.740 e. The van der Waals surface area contributed by atoms with Crippen LogP contribution in [0.2, 0.25) is 0 Å². The van der Waals surface area contributed by atoms with Crippen molar-refractivity contribution in [3.63, 3.8) is 0 Å². The molecule has 0 aromatic heterocycles. The van der Waals surface area contributed by atoms with Gasteiger partial charge in [-0.3, -0.25) is 0 Å². The first-order chi connectivity index (χ1) is 2.77. The minimum absolute atomic E-state index is 0. The Morgan fingerprint density at radius 3 is 2.29 bits per heavy atom. The van der Waals surface area contributed by atoms with E-state index in [-0.39, 0.29) is 29.6 Å². The molecule has 0 N–H and O–H groups in total. The number of rotatable bonds is 2. The predicted molar refractivity (Wildman–Crippen MR) is 20.2 cm³/mol. The third-order valence-corrected chi connectivity index (χ3v) is 0.440. The van der Waals surface area contributed by atoms with Gasteiger partial charge in [0.15, 0.2) is 0 Å². The van der Waals surface area contributed by atoms with E-state index in [2.05, 4.69) is 10.8 Å². The molecule has 5 heteroatoms. The molecule has 0 aliphatic heterocycles. The topological polar surface area (TPSA) is 49.4 Å². The molecule has 1 unspecified atom stereocenters. The molecule has 3 nitrogen and oxygen atoms in total. The van der Waals surface area contributed by atoms with Gasteiger partial charge in [-0.1, -0.05) is 6.58 Å². The van der Waals surface area contributed by atoms with Crippen molar-refractivity contribution in [2.75, 3.05) is 0 Å². The summed E-state index contributed by atoms with van der Waals surface area (Å²) in [7, 11) is 0. The predicted octanol–water partition coefficient (Wildman–Crippen LogP) is -3.06. The van der Waals surface area contributed by atoms with Gasteiger partial charge in [-0.15, -0.1) is 0 Å². The van der Waals surface area contributed by atoms with Crippen LogP contribution in [0, 0.1) is 0 Å². The van der Waals surface area contributed by atoms with Crippen LogP contribution in [0.5, 0.6) is 0 Å². The fourth-order valence-electron chi connectivity index (χ4n) is 0.0556. The van der Waals surface area contributed by atoms with Crippen molar-refractivity contribution in [3.05, 3.63) is 12.8 Å². The van der Waals surface area contributed by atoms with E-state index in [0.717, 1.165) is 6.26 Å². The molecular formula is C2H3NaO3S. The monoisotopic (exact) mass is 130 g/mol. The molecule has 7 heavy (non-hydrogen) atoms. The molecular weight excluding hydrogens is 127 g/mol. The van der Waals surface area contributed by atoms with E-state index in [4.69, 9.17) is 0 Å². The molecule has 0 aliphatic carbocycles. The van der Waals surface area contributed by atoms with Crippen LogP contribution >= 0.6 is 0 Å². The molecule has 0 aromatic carbocycles. The Morgan fingerprint density at radius 2 is 2.29 bits per heavy atom. The summed E-state index contributed by atoms with van der Waals surface area (Å²) in [5.74, 6) is 0. The number of hydrogen-bond donors (Lipinski definition) is 0. The fraction of sp³-hybridized carbons (Fsp3) is 0. The van der Waals surface area contributed by atoms with Gasteiger partial charge in [0.05, 0.1) is 6.26 Å². The number of hydrogen-bond acceptors (Lipinski definition) is 3. The first-order valence-electron chi connectivity index (χ1n) is 1.14. The molecule has 0 saturated carbocycles. The summed E-state index contributed by atoms with van der Waals surface area (Å²) in [5.41, 5.74) is 0.